The van der Waals surface area contributed by atoms with E-state index in [9.17, 15) is 0 Å². The first-order chi connectivity index (χ1) is 4.35. The Morgan fingerprint density at radius 2 is 1.67 bits per heavy atom. The molecule has 0 saturated heterocycles. The summed E-state index contributed by atoms with van der Waals surface area (Å²) in [5.41, 5.74) is 10.7. The summed E-state index contributed by atoms with van der Waals surface area (Å²) in [5.74, 6) is 0. The first-order valence-corrected chi connectivity index (χ1v) is 4.22. The Bertz CT molecular complexity index is 54.2. The number of nitrogens with two attached hydrogens (primary N) is 2. The second-order valence-corrected chi connectivity index (χ2v) is 2.57. The Morgan fingerprint density at radius 3 is 1.89 bits per heavy atom. The summed E-state index contributed by atoms with van der Waals surface area (Å²) in [7, 11) is 0. The zero-order chi connectivity index (χ0) is 7.11. The molecule has 0 bridgehead atoms. The molecule has 0 saturated carbocycles. The molecule has 4 heteroatoms. The van der Waals surface area contributed by atoms with Crippen LogP contribution in [0.3, 0.4) is 0 Å². The molecule has 0 spiro atoms. The fraction of sp³-hybridized carbons (Fsp3) is 1.00. The summed E-state index contributed by atoms with van der Waals surface area (Å²) in [5, 5.41) is 0. The molecular weight excluding hydrogens is 134 g/mol. The zero-order valence-electron chi connectivity index (χ0n) is 5.84. The van der Waals surface area contributed by atoms with Crippen LogP contribution in [0, 0.1) is 0 Å². The van der Waals surface area contributed by atoms with Gasteiger partial charge in [0, 0.05) is 26.2 Å². The molecule has 0 heterocycles. The van der Waals surface area contributed by atoms with Gasteiger partial charge in [0.2, 0.25) is 0 Å². The summed E-state index contributed by atoms with van der Waals surface area (Å²) in [6, 6.07) is 0. The van der Waals surface area contributed by atoms with Crippen LogP contribution in [0.4, 0.5) is 0 Å². The summed E-state index contributed by atoms with van der Waals surface area (Å²) in [4.78, 5) is 0. The SMILES string of the molecule is CSN(CCN)CCN. The molecule has 0 aromatic heterocycles. The second kappa shape index (κ2) is 6.35. The lowest BCUT2D eigenvalue weighted by Crippen LogP contribution is -2.28. The summed E-state index contributed by atoms with van der Waals surface area (Å²) < 4.78 is 2.15. The second-order valence-electron chi connectivity index (χ2n) is 1.69. The molecule has 4 N–H and O–H groups in total. The fourth-order valence-corrected chi connectivity index (χ4v) is 1.16. The van der Waals surface area contributed by atoms with E-state index in [-0.39, 0.29) is 0 Å². The third kappa shape index (κ3) is 4.72. The van der Waals surface area contributed by atoms with E-state index >= 15 is 0 Å². The fourth-order valence-electron chi connectivity index (χ4n) is 0.582. The normalized spacial score (nSPS) is 10.7. The van der Waals surface area contributed by atoms with Crippen LogP contribution in [0.25, 0.3) is 0 Å². The van der Waals surface area contributed by atoms with E-state index in [0.717, 1.165) is 13.1 Å². The van der Waals surface area contributed by atoms with Crippen molar-refractivity contribution in [3.05, 3.63) is 0 Å². The predicted octanol–water partition coefficient (Wildman–Crippen LogP) is -0.516. The van der Waals surface area contributed by atoms with Gasteiger partial charge in [-0.15, -0.1) is 0 Å². The molecule has 0 aliphatic carbocycles. The maximum Gasteiger partial charge on any atom is 0.0213 e. The maximum absolute atomic E-state index is 5.34. The van der Waals surface area contributed by atoms with Crippen LogP contribution in [-0.2, 0) is 0 Å². The molecule has 0 aliphatic heterocycles. The Balaban J connectivity index is 3.18. The highest BCUT2D eigenvalue weighted by atomic mass is 32.2. The molecule has 56 valence electrons. The van der Waals surface area contributed by atoms with Crippen LogP contribution in [0.1, 0.15) is 0 Å². The van der Waals surface area contributed by atoms with Gasteiger partial charge in [-0.25, -0.2) is 4.31 Å². The van der Waals surface area contributed by atoms with Gasteiger partial charge in [-0.2, -0.15) is 0 Å². The predicted molar refractivity (Wildman–Crippen MR) is 43.2 cm³/mol. The van der Waals surface area contributed by atoms with Gasteiger partial charge in [-0.05, 0) is 6.26 Å². The number of nitrogens with zero attached hydrogens (tertiary/aromatic N) is 1. The number of rotatable bonds is 5. The number of hydrogen-bond acceptors (Lipinski definition) is 4. The Kier molecular flexibility index (Phi) is 6.51. The molecule has 0 aromatic carbocycles. The molecule has 0 amide bonds. The van der Waals surface area contributed by atoms with Gasteiger partial charge in [0.1, 0.15) is 0 Å². The van der Waals surface area contributed by atoms with Crippen molar-refractivity contribution < 1.29 is 0 Å². The highest BCUT2D eigenvalue weighted by Crippen LogP contribution is 2.00. The molecule has 3 nitrogen and oxygen atoms in total. The lowest BCUT2D eigenvalue weighted by atomic mass is 10.6. The van der Waals surface area contributed by atoms with Crippen molar-refractivity contribution in [2.24, 2.45) is 11.5 Å². The summed E-state index contributed by atoms with van der Waals surface area (Å²) >= 11 is 1.69. The highest BCUT2D eigenvalue weighted by molar-refractivity contribution is 7.96. The van der Waals surface area contributed by atoms with Crippen molar-refractivity contribution in [1.29, 1.82) is 0 Å². The third-order valence-electron chi connectivity index (χ3n) is 1.02. The summed E-state index contributed by atoms with van der Waals surface area (Å²) in [6.45, 7) is 3.28. The Morgan fingerprint density at radius 1 is 1.22 bits per heavy atom. The molecule has 0 unspecified atom stereocenters. The average Bonchev–Trinajstić information content (AvgIpc) is 1.88. The van der Waals surface area contributed by atoms with Crippen LogP contribution in [0.2, 0.25) is 0 Å². The van der Waals surface area contributed by atoms with Crippen molar-refractivity contribution in [3.8, 4) is 0 Å². The van der Waals surface area contributed by atoms with Crippen molar-refractivity contribution in [1.82, 2.24) is 4.31 Å². The lowest BCUT2D eigenvalue weighted by molar-refractivity contribution is 0.493. The number of hydrogen-bond donors (Lipinski definition) is 2. The Labute approximate surface area is 60.9 Å². The summed E-state index contributed by atoms with van der Waals surface area (Å²) in [6.07, 6.45) is 2.03. The molecule has 0 atom stereocenters. The van der Waals surface area contributed by atoms with Gasteiger partial charge in [0.15, 0.2) is 0 Å². The third-order valence-corrected chi connectivity index (χ3v) is 1.90. The molecule has 0 rings (SSSR count). The minimum atomic E-state index is 0.709. The monoisotopic (exact) mass is 149 g/mol. The van der Waals surface area contributed by atoms with Crippen LogP contribution < -0.4 is 11.5 Å². The van der Waals surface area contributed by atoms with Crippen molar-refractivity contribution in [2.45, 2.75) is 0 Å². The molecule has 0 fully saturated rings. The van der Waals surface area contributed by atoms with E-state index in [0.29, 0.717) is 13.1 Å². The van der Waals surface area contributed by atoms with Crippen molar-refractivity contribution in [2.75, 3.05) is 32.4 Å². The lowest BCUT2D eigenvalue weighted by Gasteiger charge is -2.15. The minimum absolute atomic E-state index is 0.709. The largest absolute Gasteiger partial charge is 0.329 e. The average molecular weight is 149 g/mol. The van der Waals surface area contributed by atoms with E-state index in [1.807, 2.05) is 6.26 Å². The van der Waals surface area contributed by atoms with Crippen LogP contribution in [0.5, 0.6) is 0 Å². The molecule has 0 aliphatic rings. The topological polar surface area (TPSA) is 55.3 Å². The van der Waals surface area contributed by atoms with Crippen LogP contribution >= 0.6 is 11.9 Å². The van der Waals surface area contributed by atoms with Crippen LogP contribution in [0.15, 0.2) is 0 Å². The first-order valence-electron chi connectivity index (χ1n) is 3.04. The van der Waals surface area contributed by atoms with E-state index < -0.39 is 0 Å². The molecule has 0 radical (unpaired) electrons. The molecule has 0 aromatic rings. The van der Waals surface area contributed by atoms with Gasteiger partial charge < -0.3 is 11.5 Å². The first kappa shape index (κ1) is 9.23. The standard InChI is InChI=1S/C5H15N3S/c1-9-8(4-2-6)5-3-7/h2-7H2,1H3. The van der Waals surface area contributed by atoms with Gasteiger partial charge in [-0.3, -0.25) is 0 Å². The van der Waals surface area contributed by atoms with E-state index in [1.54, 1.807) is 11.9 Å². The molecular formula is C5H15N3S. The van der Waals surface area contributed by atoms with E-state index in [2.05, 4.69) is 4.31 Å². The van der Waals surface area contributed by atoms with Gasteiger partial charge in [-0.1, -0.05) is 11.9 Å². The smallest absolute Gasteiger partial charge is 0.0213 e. The van der Waals surface area contributed by atoms with Crippen molar-refractivity contribution >= 4 is 11.9 Å². The maximum atomic E-state index is 5.34. The van der Waals surface area contributed by atoms with E-state index in [4.69, 9.17) is 11.5 Å². The van der Waals surface area contributed by atoms with Crippen LogP contribution in [-0.4, -0.2) is 36.7 Å². The van der Waals surface area contributed by atoms with Gasteiger partial charge in [0.25, 0.3) is 0 Å². The minimum Gasteiger partial charge on any atom is -0.329 e. The quantitative estimate of drug-likeness (QED) is 0.517. The highest BCUT2D eigenvalue weighted by Gasteiger charge is 1.97. The van der Waals surface area contributed by atoms with E-state index in [1.165, 1.54) is 0 Å². The Hall–Kier alpha value is 0.230. The van der Waals surface area contributed by atoms with Gasteiger partial charge in [0.05, 0.1) is 0 Å². The molecule has 9 heavy (non-hydrogen) atoms. The van der Waals surface area contributed by atoms with Crippen molar-refractivity contribution in [3.63, 3.8) is 0 Å². The zero-order valence-corrected chi connectivity index (χ0v) is 6.66. The van der Waals surface area contributed by atoms with Gasteiger partial charge >= 0.3 is 0 Å².